The Morgan fingerprint density at radius 2 is 1.32 bits per heavy atom. The van der Waals surface area contributed by atoms with E-state index >= 15 is 0 Å². The summed E-state index contributed by atoms with van der Waals surface area (Å²) >= 11 is 0. The Bertz CT molecular complexity index is 896. The topological polar surface area (TPSA) is 58.2 Å². The molecule has 0 bridgehead atoms. The lowest BCUT2D eigenvalue weighted by Crippen LogP contribution is -2.32. The fourth-order valence-corrected chi connectivity index (χ4v) is 3.26. The average molecular weight is 394 g/mol. The number of halogens is 4. The maximum Gasteiger partial charge on any atom is 0.227 e. The molecule has 1 saturated carbocycles. The van der Waals surface area contributed by atoms with Gasteiger partial charge in [-0.25, -0.2) is 17.6 Å². The number of amides is 2. The van der Waals surface area contributed by atoms with Crippen LogP contribution >= 0.6 is 0 Å². The van der Waals surface area contributed by atoms with Gasteiger partial charge in [0.2, 0.25) is 11.8 Å². The van der Waals surface area contributed by atoms with E-state index in [1.54, 1.807) is 0 Å². The van der Waals surface area contributed by atoms with Crippen molar-refractivity contribution < 1.29 is 27.2 Å². The zero-order valence-electron chi connectivity index (χ0n) is 14.8. The van der Waals surface area contributed by atoms with Crippen LogP contribution in [0.25, 0.3) is 0 Å². The number of carbonyl (C=O) groups excluding carboxylic acids is 2. The normalized spacial score (nSPS) is 19.1. The molecule has 0 atom stereocenters. The standard InChI is InChI=1S/C20H18F4N2O2/c21-13-5-8-18(17(24)9-13)26-20(28)12-3-1-11(2-4-12)19(27)25-14-6-7-15(22)16(23)10-14/h5-12H,1-4H2,(H,25,27)(H,26,28). The summed E-state index contributed by atoms with van der Waals surface area (Å²) in [6, 6.07) is 6.01. The zero-order chi connectivity index (χ0) is 20.3. The van der Waals surface area contributed by atoms with Crippen molar-refractivity contribution in [2.45, 2.75) is 25.7 Å². The van der Waals surface area contributed by atoms with Crippen LogP contribution < -0.4 is 10.6 Å². The molecular weight excluding hydrogens is 376 g/mol. The largest absolute Gasteiger partial charge is 0.326 e. The van der Waals surface area contributed by atoms with E-state index in [0.717, 1.165) is 24.3 Å². The maximum absolute atomic E-state index is 13.6. The Morgan fingerprint density at radius 3 is 1.89 bits per heavy atom. The van der Waals surface area contributed by atoms with Crippen molar-refractivity contribution >= 4 is 23.2 Å². The van der Waals surface area contributed by atoms with Crippen LogP contribution in [-0.4, -0.2) is 11.8 Å². The molecule has 28 heavy (non-hydrogen) atoms. The molecule has 2 N–H and O–H groups in total. The molecule has 0 aliphatic heterocycles. The second-order valence-corrected chi connectivity index (χ2v) is 6.78. The molecule has 1 aliphatic carbocycles. The molecular formula is C20H18F4N2O2. The molecule has 2 amide bonds. The fraction of sp³-hybridized carbons (Fsp3) is 0.300. The summed E-state index contributed by atoms with van der Waals surface area (Å²) in [4.78, 5) is 24.6. The van der Waals surface area contributed by atoms with Crippen molar-refractivity contribution in [1.29, 1.82) is 0 Å². The predicted molar refractivity (Wildman–Crippen MR) is 95.4 cm³/mol. The van der Waals surface area contributed by atoms with Crippen LogP contribution in [0, 0.1) is 35.1 Å². The summed E-state index contributed by atoms with van der Waals surface area (Å²) in [6.45, 7) is 0. The van der Waals surface area contributed by atoms with Crippen LogP contribution in [0.5, 0.6) is 0 Å². The van der Waals surface area contributed by atoms with Crippen molar-refractivity contribution in [3.8, 4) is 0 Å². The molecule has 2 aromatic carbocycles. The van der Waals surface area contributed by atoms with Crippen LogP contribution in [0.4, 0.5) is 28.9 Å². The van der Waals surface area contributed by atoms with Crippen molar-refractivity contribution in [2.75, 3.05) is 10.6 Å². The Kier molecular flexibility index (Phi) is 5.96. The third-order valence-corrected chi connectivity index (χ3v) is 4.84. The van der Waals surface area contributed by atoms with Crippen LogP contribution in [0.2, 0.25) is 0 Å². The van der Waals surface area contributed by atoms with Crippen molar-refractivity contribution in [2.24, 2.45) is 11.8 Å². The molecule has 1 fully saturated rings. The number of anilines is 2. The van der Waals surface area contributed by atoms with E-state index in [0.29, 0.717) is 31.7 Å². The SMILES string of the molecule is O=C(Nc1ccc(F)c(F)c1)C1CCC(C(=O)Nc2ccc(F)cc2F)CC1. The van der Waals surface area contributed by atoms with Gasteiger partial charge >= 0.3 is 0 Å². The van der Waals surface area contributed by atoms with Gasteiger partial charge in [0.15, 0.2) is 11.6 Å². The molecule has 2 aromatic rings. The number of rotatable bonds is 4. The number of benzene rings is 2. The minimum Gasteiger partial charge on any atom is -0.326 e. The first-order chi connectivity index (χ1) is 13.3. The van der Waals surface area contributed by atoms with Crippen molar-refractivity contribution in [3.05, 3.63) is 59.7 Å². The van der Waals surface area contributed by atoms with Crippen molar-refractivity contribution in [3.63, 3.8) is 0 Å². The van der Waals surface area contributed by atoms with Crippen LogP contribution in [-0.2, 0) is 9.59 Å². The first kappa shape index (κ1) is 19.9. The van der Waals surface area contributed by atoms with Gasteiger partial charge < -0.3 is 10.6 Å². The predicted octanol–water partition coefficient (Wildman–Crippen LogP) is 4.63. The Morgan fingerprint density at radius 1 is 0.714 bits per heavy atom. The van der Waals surface area contributed by atoms with E-state index in [1.165, 1.54) is 6.07 Å². The maximum atomic E-state index is 13.6. The van der Waals surface area contributed by atoms with Gasteiger partial charge in [-0.05, 0) is 49.9 Å². The van der Waals surface area contributed by atoms with Crippen LogP contribution in [0.15, 0.2) is 36.4 Å². The highest BCUT2D eigenvalue weighted by molar-refractivity contribution is 5.94. The summed E-state index contributed by atoms with van der Waals surface area (Å²) in [5, 5.41) is 4.99. The summed E-state index contributed by atoms with van der Waals surface area (Å²) in [5.74, 6) is -5.10. The summed E-state index contributed by atoms with van der Waals surface area (Å²) in [7, 11) is 0. The minimum absolute atomic E-state index is 0.0930. The molecule has 1 aliphatic rings. The average Bonchev–Trinajstić information content (AvgIpc) is 2.67. The van der Waals surface area contributed by atoms with Gasteiger partial charge in [-0.1, -0.05) is 0 Å². The third-order valence-electron chi connectivity index (χ3n) is 4.84. The third kappa shape index (κ3) is 4.68. The molecule has 0 saturated heterocycles. The molecule has 0 unspecified atom stereocenters. The lowest BCUT2D eigenvalue weighted by atomic mass is 9.81. The van der Waals surface area contributed by atoms with E-state index in [1.807, 2.05) is 0 Å². The Balaban J connectivity index is 1.52. The van der Waals surface area contributed by atoms with Gasteiger partial charge in [0, 0.05) is 29.7 Å². The molecule has 8 heteroatoms. The molecule has 0 radical (unpaired) electrons. The van der Waals surface area contributed by atoms with E-state index in [-0.39, 0.29) is 29.1 Å². The second-order valence-electron chi connectivity index (χ2n) is 6.78. The molecule has 0 aromatic heterocycles. The van der Waals surface area contributed by atoms with E-state index in [9.17, 15) is 27.2 Å². The van der Waals surface area contributed by atoms with E-state index < -0.39 is 29.2 Å². The van der Waals surface area contributed by atoms with Crippen molar-refractivity contribution in [1.82, 2.24) is 0 Å². The first-order valence-electron chi connectivity index (χ1n) is 8.85. The minimum atomic E-state index is -1.05. The highest BCUT2D eigenvalue weighted by Crippen LogP contribution is 2.31. The van der Waals surface area contributed by atoms with Crippen LogP contribution in [0.3, 0.4) is 0 Å². The van der Waals surface area contributed by atoms with Gasteiger partial charge in [0.1, 0.15) is 11.6 Å². The van der Waals surface area contributed by atoms with Gasteiger partial charge in [0.05, 0.1) is 5.69 Å². The smallest absolute Gasteiger partial charge is 0.227 e. The quantitative estimate of drug-likeness (QED) is 0.743. The highest BCUT2D eigenvalue weighted by Gasteiger charge is 2.30. The number of carbonyl (C=O) groups is 2. The summed E-state index contributed by atoms with van der Waals surface area (Å²) in [6.07, 6.45) is 1.70. The first-order valence-corrected chi connectivity index (χ1v) is 8.85. The van der Waals surface area contributed by atoms with E-state index in [4.69, 9.17) is 0 Å². The number of hydrogen-bond donors (Lipinski definition) is 2. The fourth-order valence-electron chi connectivity index (χ4n) is 3.26. The summed E-state index contributed by atoms with van der Waals surface area (Å²) in [5.41, 5.74) is 0.0696. The lowest BCUT2D eigenvalue weighted by Gasteiger charge is -2.27. The zero-order valence-corrected chi connectivity index (χ0v) is 14.8. The van der Waals surface area contributed by atoms with Gasteiger partial charge in [-0.2, -0.15) is 0 Å². The lowest BCUT2D eigenvalue weighted by molar-refractivity contribution is -0.125. The van der Waals surface area contributed by atoms with E-state index in [2.05, 4.69) is 10.6 Å². The van der Waals surface area contributed by atoms with Gasteiger partial charge in [-0.15, -0.1) is 0 Å². The molecule has 4 nitrogen and oxygen atoms in total. The molecule has 3 rings (SSSR count). The number of nitrogens with one attached hydrogen (secondary N) is 2. The molecule has 0 spiro atoms. The molecule has 148 valence electrons. The highest BCUT2D eigenvalue weighted by atomic mass is 19.2. The summed E-state index contributed by atoms with van der Waals surface area (Å²) < 4.78 is 52.7. The monoisotopic (exact) mass is 394 g/mol. The Labute approximate surface area is 158 Å². The molecule has 0 heterocycles. The van der Waals surface area contributed by atoms with Crippen LogP contribution in [0.1, 0.15) is 25.7 Å². The second kappa shape index (κ2) is 8.41. The Hall–Kier alpha value is -2.90. The van der Waals surface area contributed by atoms with Gasteiger partial charge in [-0.3, -0.25) is 9.59 Å². The number of hydrogen-bond acceptors (Lipinski definition) is 2. The van der Waals surface area contributed by atoms with Gasteiger partial charge in [0.25, 0.3) is 0 Å².